The number of halogens is 2. The average Bonchev–Trinajstić information content (AvgIpc) is 2.47. The van der Waals surface area contributed by atoms with Crippen molar-refractivity contribution in [3.63, 3.8) is 0 Å². The molecule has 1 aromatic rings. The van der Waals surface area contributed by atoms with Gasteiger partial charge < -0.3 is 4.90 Å². The van der Waals surface area contributed by atoms with Gasteiger partial charge in [-0.2, -0.15) is 0 Å². The molecule has 1 N–H and O–H groups in total. The van der Waals surface area contributed by atoms with Crippen LogP contribution in [-0.2, 0) is 10.0 Å². The second-order valence-electron chi connectivity index (χ2n) is 6.39. The number of nitrogens with zero attached hydrogens (tertiary/aromatic N) is 1. The van der Waals surface area contributed by atoms with E-state index in [1.807, 2.05) is 19.0 Å². The van der Waals surface area contributed by atoms with E-state index in [-0.39, 0.29) is 17.5 Å². The molecule has 1 aliphatic carbocycles. The van der Waals surface area contributed by atoms with Crippen LogP contribution in [0.15, 0.2) is 23.1 Å². The molecule has 1 aliphatic rings. The Labute approximate surface area is 136 Å². The van der Waals surface area contributed by atoms with Gasteiger partial charge in [-0.3, -0.25) is 0 Å². The van der Waals surface area contributed by atoms with Gasteiger partial charge in [0.2, 0.25) is 10.0 Å². The van der Waals surface area contributed by atoms with Gasteiger partial charge in [-0.15, -0.1) is 0 Å². The van der Waals surface area contributed by atoms with Gasteiger partial charge in [-0.25, -0.2) is 21.9 Å². The lowest BCUT2D eigenvalue weighted by molar-refractivity contribution is 0.172. The van der Waals surface area contributed by atoms with Crippen molar-refractivity contribution >= 4 is 10.0 Å². The Morgan fingerprint density at radius 1 is 1.13 bits per heavy atom. The third-order valence-electron chi connectivity index (χ3n) is 4.49. The van der Waals surface area contributed by atoms with Crippen molar-refractivity contribution < 1.29 is 17.2 Å². The fourth-order valence-corrected chi connectivity index (χ4v) is 4.34. The first-order valence-corrected chi connectivity index (χ1v) is 9.40. The van der Waals surface area contributed by atoms with E-state index >= 15 is 0 Å². The van der Waals surface area contributed by atoms with Crippen molar-refractivity contribution in [2.75, 3.05) is 20.6 Å². The molecule has 1 atom stereocenters. The summed E-state index contributed by atoms with van der Waals surface area (Å²) in [7, 11) is -0.0772. The zero-order chi connectivity index (χ0) is 17.0. The number of hydrogen-bond donors (Lipinski definition) is 1. The van der Waals surface area contributed by atoms with E-state index in [1.165, 1.54) is 6.42 Å². The minimum Gasteiger partial charge on any atom is -0.305 e. The Kier molecular flexibility index (Phi) is 6.11. The highest BCUT2D eigenvalue weighted by molar-refractivity contribution is 7.89. The second kappa shape index (κ2) is 7.68. The lowest BCUT2D eigenvalue weighted by atomic mass is 9.83. The van der Waals surface area contributed by atoms with Crippen LogP contribution in [0.2, 0.25) is 0 Å². The third-order valence-corrected chi connectivity index (χ3v) is 5.89. The molecular weight excluding hydrogens is 322 g/mol. The summed E-state index contributed by atoms with van der Waals surface area (Å²) in [5, 5.41) is 0. The summed E-state index contributed by atoms with van der Waals surface area (Å²) in [6.45, 7) is 0.234. The first-order valence-electron chi connectivity index (χ1n) is 7.92. The quantitative estimate of drug-likeness (QED) is 0.862. The van der Waals surface area contributed by atoms with E-state index in [9.17, 15) is 17.2 Å². The highest BCUT2D eigenvalue weighted by atomic mass is 32.2. The number of rotatable bonds is 6. The predicted octanol–water partition coefficient (Wildman–Crippen LogP) is 2.75. The monoisotopic (exact) mass is 346 g/mol. The molecule has 1 aromatic carbocycles. The lowest BCUT2D eigenvalue weighted by Crippen LogP contribution is -2.45. The van der Waals surface area contributed by atoms with Crippen LogP contribution in [0.1, 0.15) is 32.1 Å². The Morgan fingerprint density at radius 2 is 1.70 bits per heavy atom. The Morgan fingerprint density at radius 3 is 2.22 bits per heavy atom. The van der Waals surface area contributed by atoms with Crippen LogP contribution in [0.4, 0.5) is 8.78 Å². The molecule has 0 radical (unpaired) electrons. The summed E-state index contributed by atoms with van der Waals surface area (Å²) in [5.41, 5.74) is 0. The second-order valence-corrected chi connectivity index (χ2v) is 8.15. The summed E-state index contributed by atoms with van der Waals surface area (Å²) in [6, 6.07) is 2.39. The van der Waals surface area contributed by atoms with Crippen LogP contribution in [0.25, 0.3) is 0 Å². The van der Waals surface area contributed by atoms with Crippen molar-refractivity contribution in [1.82, 2.24) is 9.62 Å². The molecule has 1 saturated carbocycles. The van der Waals surface area contributed by atoms with Gasteiger partial charge in [0.1, 0.15) is 11.6 Å². The topological polar surface area (TPSA) is 49.4 Å². The van der Waals surface area contributed by atoms with Crippen LogP contribution in [-0.4, -0.2) is 40.0 Å². The maximum absolute atomic E-state index is 13.2. The molecule has 4 nitrogen and oxygen atoms in total. The highest BCUT2D eigenvalue weighted by Crippen LogP contribution is 2.28. The number of nitrogens with one attached hydrogen (secondary N) is 1. The van der Waals surface area contributed by atoms with Gasteiger partial charge in [-0.05, 0) is 45.0 Å². The molecule has 0 heterocycles. The maximum Gasteiger partial charge on any atom is 0.240 e. The standard InChI is InChI=1S/C16H24F2N2O2S/c1-20(2)16(12-6-4-3-5-7-12)11-19-23(21,22)15-9-13(17)8-14(18)10-15/h8-10,12,16,19H,3-7,11H2,1-2H3/t16-/m1/s1. The maximum atomic E-state index is 13.2. The van der Waals surface area contributed by atoms with E-state index in [0.29, 0.717) is 12.0 Å². The van der Waals surface area contributed by atoms with Crippen molar-refractivity contribution in [3.05, 3.63) is 29.8 Å². The normalized spacial score (nSPS) is 18.3. The fourth-order valence-electron chi connectivity index (χ4n) is 3.25. The molecule has 0 unspecified atom stereocenters. The lowest BCUT2D eigenvalue weighted by Gasteiger charge is -2.34. The molecule has 0 amide bonds. The van der Waals surface area contributed by atoms with Crippen LogP contribution >= 0.6 is 0 Å². The van der Waals surface area contributed by atoms with E-state index in [0.717, 1.165) is 37.8 Å². The first-order chi connectivity index (χ1) is 10.8. The number of hydrogen-bond acceptors (Lipinski definition) is 3. The molecule has 0 saturated heterocycles. The molecule has 0 aromatic heterocycles. The van der Waals surface area contributed by atoms with E-state index in [1.54, 1.807) is 0 Å². The van der Waals surface area contributed by atoms with Gasteiger partial charge in [0.05, 0.1) is 4.90 Å². The summed E-state index contributed by atoms with van der Waals surface area (Å²) < 4.78 is 53.5. The molecule has 1 fully saturated rings. The van der Waals surface area contributed by atoms with Crippen LogP contribution in [0.5, 0.6) is 0 Å². The van der Waals surface area contributed by atoms with Gasteiger partial charge in [0.15, 0.2) is 0 Å². The van der Waals surface area contributed by atoms with E-state index < -0.39 is 21.7 Å². The molecular formula is C16H24F2N2O2S. The minimum absolute atomic E-state index is 0.0727. The molecule has 7 heteroatoms. The summed E-state index contributed by atoms with van der Waals surface area (Å²) in [5.74, 6) is -1.37. The smallest absolute Gasteiger partial charge is 0.240 e. The van der Waals surface area contributed by atoms with E-state index in [4.69, 9.17) is 0 Å². The van der Waals surface area contributed by atoms with Gasteiger partial charge >= 0.3 is 0 Å². The Balaban J connectivity index is 2.09. The zero-order valence-corrected chi connectivity index (χ0v) is 14.4. The summed E-state index contributed by atoms with van der Waals surface area (Å²) in [6.07, 6.45) is 5.72. The minimum atomic E-state index is -3.93. The van der Waals surface area contributed by atoms with Crippen molar-refractivity contribution in [3.8, 4) is 0 Å². The summed E-state index contributed by atoms with van der Waals surface area (Å²) in [4.78, 5) is 1.64. The van der Waals surface area contributed by atoms with Crippen LogP contribution in [0.3, 0.4) is 0 Å². The molecule has 0 bridgehead atoms. The number of likely N-dealkylation sites (N-methyl/N-ethyl adjacent to an activating group) is 1. The Hall–Kier alpha value is -1.05. The third kappa shape index (κ3) is 4.96. The predicted molar refractivity (Wildman–Crippen MR) is 85.6 cm³/mol. The van der Waals surface area contributed by atoms with Crippen LogP contribution < -0.4 is 4.72 Å². The largest absolute Gasteiger partial charge is 0.305 e. The molecule has 0 spiro atoms. The molecule has 130 valence electrons. The van der Waals surface area contributed by atoms with Gasteiger partial charge in [0, 0.05) is 18.7 Å². The van der Waals surface area contributed by atoms with Crippen molar-refractivity contribution in [2.24, 2.45) is 5.92 Å². The fraction of sp³-hybridized carbons (Fsp3) is 0.625. The molecule has 23 heavy (non-hydrogen) atoms. The number of sulfonamides is 1. The number of benzene rings is 1. The zero-order valence-electron chi connectivity index (χ0n) is 13.6. The first kappa shape index (κ1) is 18.3. The Bertz CT molecular complexity index is 609. The average molecular weight is 346 g/mol. The summed E-state index contributed by atoms with van der Waals surface area (Å²) >= 11 is 0. The SMILES string of the molecule is CN(C)[C@H](CNS(=O)(=O)c1cc(F)cc(F)c1)C1CCCCC1. The van der Waals surface area contributed by atoms with Crippen LogP contribution in [0, 0.1) is 17.6 Å². The van der Waals surface area contributed by atoms with Crippen molar-refractivity contribution in [1.29, 1.82) is 0 Å². The highest BCUT2D eigenvalue weighted by Gasteiger charge is 2.27. The van der Waals surface area contributed by atoms with Gasteiger partial charge in [0.25, 0.3) is 0 Å². The van der Waals surface area contributed by atoms with Gasteiger partial charge in [-0.1, -0.05) is 19.3 Å². The molecule has 2 rings (SSSR count). The van der Waals surface area contributed by atoms with E-state index in [2.05, 4.69) is 4.72 Å². The van der Waals surface area contributed by atoms with Crippen molar-refractivity contribution in [2.45, 2.75) is 43.0 Å². The molecule has 0 aliphatic heterocycles.